The van der Waals surface area contributed by atoms with Crippen molar-refractivity contribution < 1.29 is 10.0 Å². The molecule has 3 aliphatic rings. The fourth-order valence-electron chi connectivity index (χ4n) is 4.79. The van der Waals surface area contributed by atoms with Crippen LogP contribution in [0.25, 0.3) is 0 Å². The largest absolute Gasteiger partial charge is 0.508 e. The van der Waals surface area contributed by atoms with E-state index < -0.39 is 0 Å². The van der Waals surface area contributed by atoms with Crippen LogP contribution < -0.4 is 4.90 Å². The average molecular weight is 272 g/mol. The van der Waals surface area contributed by atoms with Crippen LogP contribution in [0.5, 0.6) is 5.75 Å². The van der Waals surface area contributed by atoms with E-state index in [-0.39, 0.29) is 5.41 Å². The van der Waals surface area contributed by atoms with Crippen LogP contribution >= 0.6 is 0 Å². The quantitative estimate of drug-likeness (QED) is 0.844. The number of likely N-dealkylation sites (tertiary alicyclic amines) is 1. The molecule has 2 aliphatic carbocycles. The van der Waals surface area contributed by atoms with Crippen LogP contribution in [-0.2, 0) is 11.8 Å². The number of benzene rings is 1. The van der Waals surface area contributed by atoms with Crippen LogP contribution in [0, 0.1) is 11.8 Å². The van der Waals surface area contributed by atoms with Crippen molar-refractivity contribution in [2.24, 2.45) is 11.8 Å². The zero-order valence-corrected chi connectivity index (χ0v) is 12.7. The van der Waals surface area contributed by atoms with Crippen molar-refractivity contribution in [3.05, 3.63) is 29.3 Å². The summed E-state index contributed by atoms with van der Waals surface area (Å²) in [7, 11) is 0. The Morgan fingerprint density at radius 3 is 2.90 bits per heavy atom. The lowest BCUT2D eigenvalue weighted by Gasteiger charge is -2.52. The van der Waals surface area contributed by atoms with E-state index in [1.807, 2.05) is 17.0 Å². The molecular weight excluding hydrogens is 246 g/mol. The summed E-state index contributed by atoms with van der Waals surface area (Å²) in [6.07, 6.45) is 5.40. The number of phenolic OH excluding ortho intramolecular Hbond substituents is 1. The summed E-state index contributed by atoms with van der Waals surface area (Å²) in [5, 5.41) is 9.86. The van der Waals surface area contributed by atoms with E-state index in [0.717, 1.165) is 17.9 Å². The summed E-state index contributed by atoms with van der Waals surface area (Å²) in [5.41, 5.74) is 3.18. The van der Waals surface area contributed by atoms with Crippen molar-refractivity contribution in [2.75, 3.05) is 13.1 Å². The molecule has 4 unspecified atom stereocenters. The minimum absolute atomic E-state index is 0.268. The van der Waals surface area contributed by atoms with Gasteiger partial charge in [-0.15, -0.1) is 0 Å². The van der Waals surface area contributed by atoms with Crippen LogP contribution in [-0.4, -0.2) is 24.2 Å². The third-order valence-electron chi connectivity index (χ3n) is 6.49. The molecule has 1 aromatic rings. The first-order chi connectivity index (χ1) is 9.58. The molecule has 1 saturated carbocycles. The number of phenols is 1. The van der Waals surface area contributed by atoms with Gasteiger partial charge in [-0.2, -0.15) is 0 Å². The van der Waals surface area contributed by atoms with E-state index in [9.17, 15) is 5.11 Å². The Morgan fingerprint density at radius 1 is 1.35 bits per heavy atom. The first-order valence-electron chi connectivity index (χ1n) is 8.25. The van der Waals surface area contributed by atoms with Gasteiger partial charge in [0.1, 0.15) is 5.75 Å². The second-order valence-corrected chi connectivity index (χ2v) is 7.66. The molecule has 0 spiro atoms. The Labute approximate surface area is 121 Å². The van der Waals surface area contributed by atoms with Crippen molar-refractivity contribution in [1.29, 1.82) is 0 Å². The van der Waals surface area contributed by atoms with E-state index in [1.165, 1.54) is 49.9 Å². The molecule has 2 bridgehead atoms. The van der Waals surface area contributed by atoms with Crippen molar-refractivity contribution >= 4 is 0 Å². The molecule has 1 heterocycles. The Kier molecular flexibility index (Phi) is 2.69. The maximum absolute atomic E-state index is 9.86. The minimum Gasteiger partial charge on any atom is -0.508 e. The highest BCUT2D eigenvalue weighted by atomic mass is 16.3. The second-order valence-electron chi connectivity index (χ2n) is 7.66. The first kappa shape index (κ1) is 12.7. The van der Waals surface area contributed by atoms with E-state index in [4.69, 9.17) is 0 Å². The Morgan fingerprint density at radius 2 is 2.15 bits per heavy atom. The zero-order chi connectivity index (χ0) is 13.9. The third-order valence-corrected chi connectivity index (χ3v) is 6.49. The maximum Gasteiger partial charge on any atom is 0.115 e. The van der Waals surface area contributed by atoms with Crippen LogP contribution in [0.2, 0.25) is 0 Å². The number of aromatic hydroxyl groups is 1. The first-order valence-corrected chi connectivity index (χ1v) is 8.25. The predicted octanol–water partition coefficient (Wildman–Crippen LogP) is 1.91. The molecule has 4 rings (SSSR count). The number of hydrogen-bond acceptors (Lipinski definition) is 1. The average Bonchev–Trinajstić information content (AvgIpc) is 3.22. The van der Waals surface area contributed by atoms with E-state index in [1.54, 1.807) is 0 Å². The number of hydrogen-bond donors (Lipinski definition) is 2. The summed E-state index contributed by atoms with van der Waals surface area (Å²) >= 11 is 0. The minimum atomic E-state index is 0.268. The van der Waals surface area contributed by atoms with Gasteiger partial charge in [-0.1, -0.05) is 19.9 Å². The fourth-order valence-corrected chi connectivity index (χ4v) is 4.79. The van der Waals surface area contributed by atoms with Gasteiger partial charge in [0.25, 0.3) is 0 Å². The molecule has 1 saturated heterocycles. The van der Waals surface area contributed by atoms with E-state index in [2.05, 4.69) is 19.9 Å². The Balaban J connectivity index is 1.71. The molecule has 4 atom stereocenters. The van der Waals surface area contributed by atoms with Gasteiger partial charge in [0.05, 0.1) is 19.1 Å². The molecular formula is C18H26NO+. The number of rotatable bonds is 2. The number of quaternary nitrogens is 1. The Bertz CT molecular complexity index is 536. The number of piperidine rings is 1. The number of nitrogens with one attached hydrogen (secondary N) is 1. The van der Waals surface area contributed by atoms with Crippen molar-refractivity contribution in [3.8, 4) is 5.75 Å². The van der Waals surface area contributed by atoms with Crippen molar-refractivity contribution in [3.63, 3.8) is 0 Å². The standard InChI is InChI=1S/C18H25NO/c1-12-17-9-14-5-6-15(20)10-16(14)18(12,2)7-8-19(17)11-13-3-4-13/h5-6,10,12-13,17,20H,3-4,7-9,11H2,1-2H3/p+1. The summed E-state index contributed by atoms with van der Waals surface area (Å²) in [6, 6.07) is 6.86. The Hall–Kier alpha value is -1.02. The lowest BCUT2D eigenvalue weighted by molar-refractivity contribution is -0.938. The molecule has 1 aliphatic heterocycles. The van der Waals surface area contributed by atoms with Crippen molar-refractivity contribution in [2.45, 2.75) is 51.0 Å². The summed E-state index contributed by atoms with van der Waals surface area (Å²) in [6.45, 7) is 7.59. The summed E-state index contributed by atoms with van der Waals surface area (Å²) in [4.78, 5) is 1.86. The molecule has 2 N–H and O–H groups in total. The molecule has 2 nitrogen and oxygen atoms in total. The van der Waals surface area contributed by atoms with Gasteiger partial charge in [-0.05, 0) is 36.1 Å². The topological polar surface area (TPSA) is 24.7 Å². The molecule has 2 fully saturated rings. The van der Waals surface area contributed by atoms with Gasteiger partial charge in [-0.25, -0.2) is 0 Å². The fraction of sp³-hybridized carbons (Fsp3) is 0.667. The van der Waals surface area contributed by atoms with Gasteiger partial charge in [0, 0.05) is 30.1 Å². The maximum atomic E-state index is 9.86. The molecule has 2 heteroatoms. The van der Waals surface area contributed by atoms with Crippen molar-refractivity contribution in [1.82, 2.24) is 0 Å². The molecule has 1 aromatic carbocycles. The molecule has 0 amide bonds. The highest BCUT2D eigenvalue weighted by Crippen LogP contribution is 2.45. The normalized spacial score (nSPS) is 39.4. The molecule has 20 heavy (non-hydrogen) atoms. The van der Waals surface area contributed by atoms with Crippen LogP contribution in [0.4, 0.5) is 0 Å². The highest BCUT2D eigenvalue weighted by molar-refractivity contribution is 5.43. The third kappa shape index (κ3) is 1.81. The summed E-state index contributed by atoms with van der Waals surface area (Å²) in [5.74, 6) is 2.17. The molecule has 0 aromatic heterocycles. The monoisotopic (exact) mass is 272 g/mol. The molecule has 0 radical (unpaired) electrons. The predicted molar refractivity (Wildman–Crippen MR) is 80.2 cm³/mol. The summed E-state index contributed by atoms with van der Waals surface area (Å²) < 4.78 is 0. The van der Waals surface area contributed by atoms with Gasteiger partial charge in [-0.3, -0.25) is 0 Å². The second kappa shape index (κ2) is 4.24. The van der Waals surface area contributed by atoms with Gasteiger partial charge in [0.2, 0.25) is 0 Å². The lowest BCUT2D eigenvalue weighted by Crippen LogP contribution is -3.19. The zero-order valence-electron chi connectivity index (χ0n) is 12.7. The van der Waals surface area contributed by atoms with E-state index >= 15 is 0 Å². The number of fused-ring (bicyclic) bond motifs is 4. The van der Waals surface area contributed by atoms with Crippen LogP contribution in [0.3, 0.4) is 0 Å². The van der Waals surface area contributed by atoms with Gasteiger partial charge in [0.15, 0.2) is 0 Å². The van der Waals surface area contributed by atoms with Crippen LogP contribution in [0.1, 0.15) is 44.2 Å². The van der Waals surface area contributed by atoms with Gasteiger partial charge < -0.3 is 10.0 Å². The van der Waals surface area contributed by atoms with Gasteiger partial charge >= 0.3 is 0 Å². The molecule has 108 valence electrons. The SMILES string of the molecule is CC1C2Cc3ccc(O)cc3C1(C)CC[NH+]2CC1CC1. The lowest BCUT2D eigenvalue weighted by atomic mass is 9.59. The highest BCUT2D eigenvalue weighted by Gasteiger charge is 2.51. The van der Waals surface area contributed by atoms with E-state index in [0.29, 0.717) is 5.75 Å². The van der Waals surface area contributed by atoms with Crippen LogP contribution in [0.15, 0.2) is 18.2 Å². The smallest absolute Gasteiger partial charge is 0.115 e.